The first-order valence-electron chi connectivity index (χ1n) is 8.29. The van der Waals surface area contributed by atoms with E-state index < -0.39 is 35.3 Å². The van der Waals surface area contributed by atoms with Crippen LogP contribution in [-0.4, -0.2) is 22.6 Å². The van der Waals surface area contributed by atoms with Gasteiger partial charge in [-0.1, -0.05) is 18.2 Å². The monoisotopic (exact) mass is 388 g/mol. The standard InChI is InChI=1S/C20H15F3N2O3/c1-2-4-14-17(26)15(19(28)25-18(14)27)10-13-7-8-16(24-13)11-5-3-6-12(9-11)20(21,22)23/h2-3,5-10,14,24H,1,4H2,(H,25,27,28)/b15-10-. The van der Waals surface area contributed by atoms with Gasteiger partial charge in [0.25, 0.3) is 5.91 Å². The average molecular weight is 388 g/mol. The van der Waals surface area contributed by atoms with Gasteiger partial charge in [-0.05, 0) is 42.3 Å². The first kappa shape index (κ1) is 19.3. The van der Waals surface area contributed by atoms with Gasteiger partial charge in [0, 0.05) is 11.4 Å². The predicted molar refractivity (Wildman–Crippen MR) is 95.7 cm³/mol. The number of hydrogen-bond donors (Lipinski definition) is 2. The maximum absolute atomic E-state index is 12.9. The number of nitrogens with one attached hydrogen (secondary N) is 2. The van der Waals surface area contributed by atoms with Gasteiger partial charge in [0.1, 0.15) is 5.92 Å². The summed E-state index contributed by atoms with van der Waals surface area (Å²) in [4.78, 5) is 39.1. The third-order valence-electron chi connectivity index (χ3n) is 4.29. The highest BCUT2D eigenvalue weighted by molar-refractivity contribution is 6.33. The highest BCUT2D eigenvalue weighted by atomic mass is 19.4. The molecule has 0 saturated carbocycles. The number of carbonyl (C=O) groups excluding carboxylic acids is 3. The van der Waals surface area contributed by atoms with Crippen molar-refractivity contribution in [2.24, 2.45) is 5.92 Å². The second-order valence-corrected chi connectivity index (χ2v) is 6.22. The number of H-pyrrole nitrogens is 1. The van der Waals surface area contributed by atoms with E-state index in [1.807, 2.05) is 0 Å². The van der Waals surface area contributed by atoms with Gasteiger partial charge >= 0.3 is 6.18 Å². The van der Waals surface area contributed by atoms with Crippen LogP contribution in [0.2, 0.25) is 0 Å². The van der Waals surface area contributed by atoms with E-state index in [-0.39, 0.29) is 12.0 Å². The molecule has 1 atom stereocenters. The van der Waals surface area contributed by atoms with Gasteiger partial charge in [-0.25, -0.2) is 0 Å². The zero-order valence-electron chi connectivity index (χ0n) is 14.5. The smallest absolute Gasteiger partial charge is 0.355 e. The van der Waals surface area contributed by atoms with Crippen molar-refractivity contribution in [2.75, 3.05) is 0 Å². The highest BCUT2D eigenvalue weighted by Gasteiger charge is 2.37. The Morgan fingerprint density at radius 3 is 2.54 bits per heavy atom. The Hall–Kier alpha value is -3.42. The average Bonchev–Trinajstić information content (AvgIpc) is 3.10. The lowest BCUT2D eigenvalue weighted by atomic mass is 9.89. The van der Waals surface area contributed by atoms with Crippen LogP contribution in [0, 0.1) is 5.92 Å². The van der Waals surface area contributed by atoms with Crippen molar-refractivity contribution in [3.05, 3.63) is 65.9 Å². The van der Waals surface area contributed by atoms with E-state index in [1.165, 1.54) is 30.4 Å². The van der Waals surface area contributed by atoms with Gasteiger partial charge < -0.3 is 4.98 Å². The molecule has 1 unspecified atom stereocenters. The van der Waals surface area contributed by atoms with Gasteiger partial charge in [0.05, 0.1) is 11.1 Å². The fraction of sp³-hybridized carbons (Fsp3) is 0.150. The topological polar surface area (TPSA) is 79.0 Å². The van der Waals surface area contributed by atoms with E-state index in [9.17, 15) is 27.6 Å². The van der Waals surface area contributed by atoms with Gasteiger partial charge in [-0.2, -0.15) is 13.2 Å². The van der Waals surface area contributed by atoms with Crippen LogP contribution in [0.15, 0.2) is 54.6 Å². The van der Waals surface area contributed by atoms with Crippen LogP contribution in [0.3, 0.4) is 0 Å². The number of ketones is 1. The number of carbonyl (C=O) groups is 3. The summed E-state index contributed by atoms with van der Waals surface area (Å²) in [5.41, 5.74) is 0.0487. The van der Waals surface area contributed by atoms with Crippen LogP contribution in [-0.2, 0) is 20.6 Å². The number of amides is 2. The molecule has 1 saturated heterocycles. The van der Waals surface area contributed by atoms with E-state index >= 15 is 0 Å². The molecule has 28 heavy (non-hydrogen) atoms. The molecule has 1 aromatic carbocycles. The van der Waals surface area contributed by atoms with E-state index in [4.69, 9.17) is 0 Å². The quantitative estimate of drug-likeness (QED) is 0.277. The second-order valence-electron chi connectivity index (χ2n) is 6.22. The molecule has 8 heteroatoms. The van der Waals surface area contributed by atoms with Crippen molar-refractivity contribution >= 4 is 23.7 Å². The van der Waals surface area contributed by atoms with Crippen molar-refractivity contribution in [3.8, 4) is 11.3 Å². The van der Waals surface area contributed by atoms with E-state index in [0.29, 0.717) is 17.0 Å². The lowest BCUT2D eigenvalue weighted by molar-refractivity contribution is -0.140. The van der Waals surface area contributed by atoms with Crippen LogP contribution in [0.4, 0.5) is 13.2 Å². The number of hydrogen-bond acceptors (Lipinski definition) is 3. The first-order valence-corrected chi connectivity index (χ1v) is 8.29. The van der Waals surface area contributed by atoms with Crippen molar-refractivity contribution < 1.29 is 27.6 Å². The van der Waals surface area contributed by atoms with Crippen LogP contribution < -0.4 is 5.32 Å². The van der Waals surface area contributed by atoms with Crippen molar-refractivity contribution in [2.45, 2.75) is 12.6 Å². The molecule has 0 bridgehead atoms. The summed E-state index contributed by atoms with van der Waals surface area (Å²) in [6.07, 6.45) is -1.69. The van der Waals surface area contributed by atoms with E-state index in [2.05, 4.69) is 16.9 Å². The molecule has 0 aliphatic carbocycles. The summed E-state index contributed by atoms with van der Waals surface area (Å²) in [5, 5.41) is 2.12. The molecule has 0 radical (unpaired) electrons. The molecule has 2 aromatic rings. The summed E-state index contributed by atoms with van der Waals surface area (Å²) >= 11 is 0. The minimum atomic E-state index is -4.47. The fourth-order valence-electron chi connectivity index (χ4n) is 2.89. The Bertz CT molecular complexity index is 1000. The van der Waals surface area contributed by atoms with Gasteiger partial charge in [-0.15, -0.1) is 6.58 Å². The number of rotatable bonds is 4. The molecule has 1 aliphatic rings. The summed E-state index contributed by atoms with van der Waals surface area (Å²) in [6.45, 7) is 3.49. The first-order chi connectivity index (χ1) is 13.2. The Morgan fingerprint density at radius 1 is 1.11 bits per heavy atom. The summed E-state index contributed by atoms with van der Waals surface area (Å²) in [7, 11) is 0. The van der Waals surface area contributed by atoms with Gasteiger partial charge in [-0.3, -0.25) is 19.7 Å². The van der Waals surface area contributed by atoms with Gasteiger partial charge in [0.15, 0.2) is 5.78 Å². The molecule has 1 fully saturated rings. The van der Waals surface area contributed by atoms with Crippen LogP contribution in [0.5, 0.6) is 0 Å². The van der Waals surface area contributed by atoms with Crippen molar-refractivity contribution in [3.63, 3.8) is 0 Å². The Labute approximate surface area is 157 Å². The molecule has 0 spiro atoms. The fourth-order valence-corrected chi connectivity index (χ4v) is 2.89. The Balaban J connectivity index is 1.92. The Kier molecular flexibility index (Phi) is 5.04. The molecular weight excluding hydrogens is 373 g/mol. The molecule has 144 valence electrons. The molecule has 3 rings (SSSR count). The lowest BCUT2D eigenvalue weighted by Crippen LogP contribution is -2.47. The molecule has 5 nitrogen and oxygen atoms in total. The third kappa shape index (κ3) is 3.80. The zero-order chi connectivity index (χ0) is 20.5. The molecule has 1 aromatic heterocycles. The SMILES string of the molecule is C=CCC1C(=O)NC(=O)/C(=C\c2ccc(-c3cccc(C(F)(F)F)c3)[nH]2)C1=O. The highest BCUT2D eigenvalue weighted by Crippen LogP contribution is 2.32. The number of Topliss-reactive ketones (excluding diaryl/α,β-unsaturated/α-hetero) is 1. The van der Waals surface area contributed by atoms with Crippen LogP contribution in [0.25, 0.3) is 17.3 Å². The molecule has 2 heterocycles. The largest absolute Gasteiger partial charge is 0.416 e. The number of benzene rings is 1. The minimum absolute atomic E-state index is 0.0928. The number of allylic oxidation sites excluding steroid dienone is 1. The van der Waals surface area contributed by atoms with Crippen molar-refractivity contribution in [1.82, 2.24) is 10.3 Å². The van der Waals surface area contributed by atoms with Crippen LogP contribution >= 0.6 is 0 Å². The maximum Gasteiger partial charge on any atom is 0.416 e. The number of aromatic amines is 1. The third-order valence-corrected chi connectivity index (χ3v) is 4.29. The molecular formula is C20H15F3N2O3. The number of imide groups is 1. The number of aromatic nitrogens is 1. The number of alkyl halides is 3. The Morgan fingerprint density at radius 2 is 1.86 bits per heavy atom. The molecule has 1 aliphatic heterocycles. The van der Waals surface area contributed by atoms with Crippen molar-refractivity contribution in [1.29, 1.82) is 0 Å². The predicted octanol–water partition coefficient (Wildman–Crippen LogP) is 3.50. The lowest BCUT2D eigenvalue weighted by Gasteiger charge is -2.20. The van der Waals surface area contributed by atoms with E-state index in [0.717, 1.165) is 12.1 Å². The maximum atomic E-state index is 12.9. The normalized spacial score (nSPS) is 19.0. The molecule has 2 N–H and O–H groups in total. The number of piperidine rings is 1. The minimum Gasteiger partial charge on any atom is -0.355 e. The van der Waals surface area contributed by atoms with Crippen LogP contribution in [0.1, 0.15) is 17.7 Å². The van der Waals surface area contributed by atoms with E-state index in [1.54, 1.807) is 6.07 Å². The summed E-state index contributed by atoms with van der Waals surface area (Å²) < 4.78 is 38.6. The molecule has 2 amide bonds. The summed E-state index contributed by atoms with van der Waals surface area (Å²) in [5.74, 6) is -3.14. The zero-order valence-corrected chi connectivity index (χ0v) is 14.5. The summed E-state index contributed by atoms with van der Waals surface area (Å²) in [6, 6.07) is 7.84. The number of halogens is 3. The van der Waals surface area contributed by atoms with Gasteiger partial charge in [0.2, 0.25) is 5.91 Å². The second kappa shape index (κ2) is 7.30.